The van der Waals surface area contributed by atoms with Crippen LogP contribution in [0.3, 0.4) is 0 Å². The predicted molar refractivity (Wildman–Crippen MR) is 88.5 cm³/mol. The van der Waals surface area contributed by atoms with Gasteiger partial charge in [-0.15, -0.1) is 0 Å². The second-order valence-corrected chi connectivity index (χ2v) is 7.09. The van der Waals surface area contributed by atoms with Crippen molar-refractivity contribution in [1.82, 2.24) is 14.5 Å². The highest BCUT2D eigenvalue weighted by Gasteiger charge is 2.21. The maximum absolute atomic E-state index is 12.5. The topological polar surface area (TPSA) is 60.9 Å². The molecular formula is C18H19N3O2. The quantitative estimate of drug-likeness (QED) is 0.692. The lowest BCUT2D eigenvalue weighted by molar-refractivity contribution is 0.588. The van der Waals surface area contributed by atoms with Crippen LogP contribution in [0.5, 0.6) is 0 Å². The van der Waals surface area contributed by atoms with E-state index >= 15 is 0 Å². The second-order valence-electron chi connectivity index (χ2n) is 7.09. The van der Waals surface area contributed by atoms with Gasteiger partial charge in [0.15, 0.2) is 5.52 Å². The molecule has 0 aliphatic carbocycles. The van der Waals surface area contributed by atoms with Crippen molar-refractivity contribution in [2.75, 3.05) is 0 Å². The Balaban J connectivity index is 1.81. The van der Waals surface area contributed by atoms with Gasteiger partial charge in [-0.25, -0.2) is 4.98 Å². The molecule has 1 aromatic carbocycles. The summed E-state index contributed by atoms with van der Waals surface area (Å²) in [5.74, 6) is 1.25. The maximum Gasteiger partial charge on any atom is 0.283 e. The molecule has 1 aliphatic rings. The van der Waals surface area contributed by atoms with E-state index in [1.165, 1.54) is 5.56 Å². The number of benzene rings is 1. The number of rotatable bonds is 1. The van der Waals surface area contributed by atoms with E-state index in [2.05, 4.69) is 42.9 Å². The van der Waals surface area contributed by atoms with Crippen LogP contribution in [-0.2, 0) is 18.4 Å². The third-order valence-corrected chi connectivity index (χ3v) is 4.38. The molecule has 3 aromatic rings. The highest BCUT2D eigenvalue weighted by molar-refractivity contribution is 5.71. The van der Waals surface area contributed by atoms with E-state index in [0.29, 0.717) is 17.1 Å². The minimum absolute atomic E-state index is 0.0937. The van der Waals surface area contributed by atoms with Crippen LogP contribution >= 0.6 is 0 Å². The van der Waals surface area contributed by atoms with Crippen molar-refractivity contribution < 1.29 is 4.42 Å². The van der Waals surface area contributed by atoms with Crippen molar-refractivity contribution in [2.45, 2.75) is 45.6 Å². The van der Waals surface area contributed by atoms with Gasteiger partial charge in [-0.3, -0.25) is 9.36 Å². The van der Waals surface area contributed by atoms with Crippen LogP contribution in [0.15, 0.2) is 33.5 Å². The Morgan fingerprint density at radius 1 is 1.13 bits per heavy atom. The van der Waals surface area contributed by atoms with Crippen molar-refractivity contribution >= 4 is 11.2 Å². The minimum atomic E-state index is -0.0937. The summed E-state index contributed by atoms with van der Waals surface area (Å²) in [5, 5.41) is 0. The molecule has 1 aliphatic heterocycles. The Bertz CT molecular complexity index is 943. The molecule has 0 unspecified atom stereocenters. The molecule has 0 radical (unpaired) electrons. The van der Waals surface area contributed by atoms with Gasteiger partial charge in [0, 0.05) is 18.5 Å². The van der Waals surface area contributed by atoms with Crippen LogP contribution in [0.25, 0.3) is 22.7 Å². The molecule has 0 atom stereocenters. The summed E-state index contributed by atoms with van der Waals surface area (Å²) in [5.41, 5.74) is 2.78. The van der Waals surface area contributed by atoms with Crippen LogP contribution in [0.2, 0.25) is 0 Å². The molecule has 2 aromatic heterocycles. The average molecular weight is 309 g/mol. The summed E-state index contributed by atoms with van der Waals surface area (Å²) in [6.45, 7) is 7.25. The average Bonchev–Trinajstić information content (AvgIpc) is 3.13. The molecule has 118 valence electrons. The molecule has 5 nitrogen and oxygen atoms in total. The lowest BCUT2D eigenvalue weighted by Gasteiger charge is -2.18. The monoisotopic (exact) mass is 309 g/mol. The van der Waals surface area contributed by atoms with Crippen molar-refractivity contribution in [3.8, 4) is 11.5 Å². The van der Waals surface area contributed by atoms with E-state index in [9.17, 15) is 4.79 Å². The van der Waals surface area contributed by atoms with Gasteiger partial charge in [0.1, 0.15) is 5.82 Å². The molecule has 0 amide bonds. The standard InChI is InChI=1S/C18H19N3O2/c1-18(2,3)12-8-6-11(7-9-12)15-20-14-16(23-15)19-13-5-4-10-21(13)17(14)22/h6-9H,4-5,10H2,1-3H3. The Kier molecular flexibility index (Phi) is 2.95. The normalized spacial score (nSPS) is 14.4. The zero-order valence-corrected chi connectivity index (χ0v) is 13.6. The fourth-order valence-electron chi connectivity index (χ4n) is 3.00. The highest BCUT2D eigenvalue weighted by atomic mass is 16.4. The zero-order chi connectivity index (χ0) is 16.2. The van der Waals surface area contributed by atoms with Crippen molar-refractivity contribution in [3.63, 3.8) is 0 Å². The zero-order valence-electron chi connectivity index (χ0n) is 13.6. The molecule has 0 saturated carbocycles. The van der Waals surface area contributed by atoms with Crippen molar-refractivity contribution in [1.29, 1.82) is 0 Å². The Morgan fingerprint density at radius 3 is 2.57 bits per heavy atom. The van der Waals surface area contributed by atoms with Crippen molar-refractivity contribution in [3.05, 3.63) is 46.0 Å². The van der Waals surface area contributed by atoms with Crippen LogP contribution in [0.4, 0.5) is 0 Å². The van der Waals surface area contributed by atoms with E-state index in [4.69, 9.17) is 4.42 Å². The lowest BCUT2D eigenvalue weighted by Crippen LogP contribution is -2.20. The summed E-state index contributed by atoms with van der Waals surface area (Å²) in [6.07, 6.45) is 1.78. The molecule has 0 spiro atoms. The van der Waals surface area contributed by atoms with Crippen LogP contribution in [0.1, 0.15) is 38.6 Å². The molecule has 5 heteroatoms. The minimum Gasteiger partial charge on any atom is -0.417 e. The second kappa shape index (κ2) is 4.78. The number of oxazole rings is 1. The van der Waals surface area contributed by atoms with Gasteiger partial charge in [-0.1, -0.05) is 32.9 Å². The third-order valence-electron chi connectivity index (χ3n) is 4.38. The molecule has 0 saturated heterocycles. The largest absolute Gasteiger partial charge is 0.417 e. The molecule has 23 heavy (non-hydrogen) atoms. The van der Waals surface area contributed by atoms with Crippen LogP contribution in [-0.4, -0.2) is 14.5 Å². The number of aromatic nitrogens is 3. The molecule has 4 rings (SSSR count). The fraction of sp³-hybridized carbons (Fsp3) is 0.389. The van der Waals surface area contributed by atoms with Gasteiger partial charge >= 0.3 is 0 Å². The summed E-state index contributed by atoms with van der Waals surface area (Å²) < 4.78 is 7.46. The van der Waals surface area contributed by atoms with Gasteiger partial charge in [0.2, 0.25) is 5.89 Å². The molecular weight excluding hydrogens is 290 g/mol. The Hall–Kier alpha value is -2.43. The van der Waals surface area contributed by atoms with E-state index in [1.54, 1.807) is 4.57 Å². The first-order chi connectivity index (χ1) is 10.9. The number of nitrogens with zero attached hydrogens (tertiary/aromatic N) is 3. The van der Waals surface area contributed by atoms with Crippen LogP contribution < -0.4 is 5.56 Å². The third kappa shape index (κ3) is 2.27. The summed E-state index contributed by atoms with van der Waals surface area (Å²) >= 11 is 0. The highest BCUT2D eigenvalue weighted by Crippen LogP contribution is 2.27. The van der Waals surface area contributed by atoms with Gasteiger partial charge in [-0.2, -0.15) is 4.98 Å². The Morgan fingerprint density at radius 2 is 1.87 bits per heavy atom. The SMILES string of the molecule is CC(C)(C)c1ccc(-c2nc3c(=O)n4c(nc3o2)CCC4)cc1. The van der Waals surface area contributed by atoms with Crippen molar-refractivity contribution in [2.24, 2.45) is 0 Å². The number of fused-ring (bicyclic) bond motifs is 2. The van der Waals surface area contributed by atoms with Gasteiger partial charge in [0.25, 0.3) is 11.3 Å². The predicted octanol–water partition coefficient (Wildman–Crippen LogP) is 3.30. The number of hydrogen-bond donors (Lipinski definition) is 0. The first-order valence-corrected chi connectivity index (χ1v) is 7.95. The molecule has 0 N–H and O–H groups in total. The van der Waals surface area contributed by atoms with E-state index in [1.807, 2.05) is 12.1 Å². The number of aryl methyl sites for hydroxylation is 1. The maximum atomic E-state index is 12.5. The first-order valence-electron chi connectivity index (χ1n) is 7.95. The fourth-order valence-corrected chi connectivity index (χ4v) is 3.00. The van der Waals surface area contributed by atoms with Gasteiger partial charge in [0.05, 0.1) is 0 Å². The van der Waals surface area contributed by atoms with E-state index < -0.39 is 0 Å². The summed E-state index contributed by atoms with van der Waals surface area (Å²) in [6, 6.07) is 8.11. The van der Waals surface area contributed by atoms with Gasteiger partial charge < -0.3 is 4.42 Å². The molecule has 0 fully saturated rings. The van der Waals surface area contributed by atoms with E-state index in [0.717, 1.165) is 30.8 Å². The molecule has 3 heterocycles. The Labute approximate surface area is 134 Å². The smallest absolute Gasteiger partial charge is 0.283 e. The molecule has 0 bridgehead atoms. The van der Waals surface area contributed by atoms with Gasteiger partial charge in [-0.05, 0) is 29.5 Å². The van der Waals surface area contributed by atoms with E-state index in [-0.39, 0.29) is 11.0 Å². The number of hydrogen-bond acceptors (Lipinski definition) is 4. The lowest BCUT2D eigenvalue weighted by atomic mass is 9.87. The first kappa shape index (κ1) is 14.2. The summed E-state index contributed by atoms with van der Waals surface area (Å²) in [4.78, 5) is 21.3. The summed E-state index contributed by atoms with van der Waals surface area (Å²) in [7, 11) is 0. The van der Waals surface area contributed by atoms with Crippen LogP contribution in [0, 0.1) is 0 Å².